The third kappa shape index (κ3) is 10.1. The van der Waals surface area contributed by atoms with E-state index < -0.39 is 0 Å². The monoisotopic (exact) mass is 479 g/mol. The predicted molar refractivity (Wildman–Crippen MR) is 126 cm³/mol. The van der Waals surface area contributed by atoms with Crippen LogP contribution in [0.5, 0.6) is 0 Å². The average Bonchev–Trinajstić information content (AvgIpc) is 2.56. The Bertz CT molecular complexity index is 382. The zero-order chi connectivity index (χ0) is 18.7. The van der Waals surface area contributed by atoms with E-state index in [1.165, 1.54) is 12.8 Å². The van der Waals surface area contributed by atoms with Crippen molar-refractivity contribution in [3.05, 3.63) is 12.7 Å². The van der Waals surface area contributed by atoms with Crippen LogP contribution in [-0.4, -0.2) is 73.2 Å². The van der Waals surface area contributed by atoms with Gasteiger partial charge in [0.05, 0.1) is 0 Å². The van der Waals surface area contributed by atoms with E-state index in [0.717, 1.165) is 51.6 Å². The first-order valence-corrected chi connectivity index (χ1v) is 10.1. The van der Waals surface area contributed by atoms with Gasteiger partial charge in [0, 0.05) is 57.4 Å². The maximum absolute atomic E-state index is 4.79. The molecule has 5 nitrogen and oxygen atoms in total. The highest BCUT2D eigenvalue weighted by atomic mass is 127. The second-order valence-corrected chi connectivity index (χ2v) is 7.55. The van der Waals surface area contributed by atoms with Crippen LogP contribution in [-0.2, 0) is 0 Å². The molecule has 0 saturated carbocycles. The van der Waals surface area contributed by atoms with Gasteiger partial charge in [-0.25, -0.2) is 0 Å². The highest BCUT2D eigenvalue weighted by Crippen LogP contribution is 2.10. The van der Waals surface area contributed by atoms with Crippen molar-refractivity contribution in [2.75, 3.05) is 39.3 Å². The third-order valence-electron chi connectivity index (χ3n) is 4.83. The quantitative estimate of drug-likeness (QED) is 0.166. The molecule has 0 atom stereocenters. The first kappa shape index (κ1) is 25.7. The molecule has 0 aromatic rings. The van der Waals surface area contributed by atoms with E-state index in [0.29, 0.717) is 18.1 Å². The van der Waals surface area contributed by atoms with E-state index in [1.54, 1.807) is 0 Å². The van der Waals surface area contributed by atoms with Crippen molar-refractivity contribution in [3.63, 3.8) is 0 Å². The highest BCUT2D eigenvalue weighted by Gasteiger charge is 2.19. The van der Waals surface area contributed by atoms with Gasteiger partial charge in [-0.1, -0.05) is 6.08 Å². The smallest absolute Gasteiger partial charge is 0.191 e. The SMILES string of the molecule is C=CCN1CCC(NC(=NCCCN(C(C)C)C(C)C)NCC)CC1.I. The van der Waals surface area contributed by atoms with Gasteiger partial charge < -0.3 is 10.6 Å². The first-order chi connectivity index (χ1) is 12.0. The van der Waals surface area contributed by atoms with Gasteiger partial charge in [0.15, 0.2) is 5.96 Å². The van der Waals surface area contributed by atoms with Crippen molar-refractivity contribution >= 4 is 29.9 Å². The molecule has 0 amide bonds. The van der Waals surface area contributed by atoms with Crippen LogP contribution in [0.4, 0.5) is 0 Å². The number of likely N-dealkylation sites (tertiary alicyclic amines) is 1. The van der Waals surface area contributed by atoms with Crippen LogP contribution in [0.25, 0.3) is 0 Å². The minimum Gasteiger partial charge on any atom is -0.357 e. The molecule has 2 N–H and O–H groups in total. The maximum atomic E-state index is 4.79. The molecule has 1 rings (SSSR count). The van der Waals surface area contributed by atoms with Crippen molar-refractivity contribution in [2.45, 2.75) is 72.0 Å². The van der Waals surface area contributed by atoms with Gasteiger partial charge in [-0.15, -0.1) is 30.6 Å². The molecule has 6 heteroatoms. The number of guanidine groups is 1. The molecule has 0 radical (unpaired) electrons. The Morgan fingerprint density at radius 1 is 1.23 bits per heavy atom. The van der Waals surface area contributed by atoms with Crippen LogP contribution in [0.1, 0.15) is 53.9 Å². The van der Waals surface area contributed by atoms with E-state index >= 15 is 0 Å². The van der Waals surface area contributed by atoms with Gasteiger partial charge in [-0.3, -0.25) is 14.8 Å². The minimum atomic E-state index is 0. The van der Waals surface area contributed by atoms with Gasteiger partial charge in [-0.05, 0) is 53.9 Å². The van der Waals surface area contributed by atoms with Gasteiger partial charge in [0.1, 0.15) is 0 Å². The Balaban J connectivity index is 0.00000625. The summed E-state index contributed by atoms with van der Waals surface area (Å²) < 4.78 is 0. The Morgan fingerprint density at radius 3 is 2.35 bits per heavy atom. The van der Waals surface area contributed by atoms with Crippen LogP contribution < -0.4 is 10.6 Å². The summed E-state index contributed by atoms with van der Waals surface area (Å²) in [5.74, 6) is 0.977. The fourth-order valence-corrected chi connectivity index (χ4v) is 3.51. The minimum absolute atomic E-state index is 0. The van der Waals surface area contributed by atoms with Gasteiger partial charge in [0.2, 0.25) is 0 Å². The lowest BCUT2D eigenvalue weighted by atomic mass is 10.1. The number of nitrogens with one attached hydrogen (secondary N) is 2. The number of hydrogen-bond donors (Lipinski definition) is 2. The molecule has 1 fully saturated rings. The van der Waals surface area contributed by atoms with E-state index in [9.17, 15) is 0 Å². The predicted octanol–water partition coefficient (Wildman–Crippen LogP) is 3.32. The zero-order valence-electron chi connectivity index (χ0n) is 17.6. The molecule has 0 bridgehead atoms. The third-order valence-corrected chi connectivity index (χ3v) is 4.83. The second-order valence-electron chi connectivity index (χ2n) is 7.55. The molecule has 1 heterocycles. The standard InChI is InChI=1S/C20H41N5.HI/c1-7-13-24-15-10-19(11-16-24)23-20(21-8-2)22-12-9-14-25(17(3)4)18(5)6;/h7,17-19H,1,8-16H2,2-6H3,(H2,21,22,23);1H. The maximum Gasteiger partial charge on any atom is 0.191 e. The molecule has 1 aliphatic rings. The topological polar surface area (TPSA) is 42.9 Å². The van der Waals surface area contributed by atoms with Gasteiger partial charge in [0.25, 0.3) is 0 Å². The zero-order valence-corrected chi connectivity index (χ0v) is 20.0. The molecule has 154 valence electrons. The lowest BCUT2D eigenvalue weighted by molar-refractivity contribution is 0.174. The summed E-state index contributed by atoms with van der Waals surface area (Å²) in [5.41, 5.74) is 0. The Hall–Kier alpha value is -0.340. The number of hydrogen-bond acceptors (Lipinski definition) is 3. The summed E-state index contributed by atoms with van der Waals surface area (Å²) in [4.78, 5) is 9.78. The molecule has 0 unspecified atom stereocenters. The average molecular weight is 479 g/mol. The summed E-state index contributed by atoms with van der Waals surface area (Å²) >= 11 is 0. The summed E-state index contributed by atoms with van der Waals surface area (Å²) in [6.45, 7) is 21.2. The fourth-order valence-electron chi connectivity index (χ4n) is 3.51. The van der Waals surface area contributed by atoms with Gasteiger partial charge >= 0.3 is 0 Å². The lowest BCUT2D eigenvalue weighted by Crippen LogP contribution is -2.48. The number of nitrogens with zero attached hydrogens (tertiary/aromatic N) is 3. The molecule has 26 heavy (non-hydrogen) atoms. The van der Waals surface area contributed by atoms with Crippen LogP contribution in [0.15, 0.2) is 17.6 Å². The van der Waals surface area contributed by atoms with Crippen LogP contribution in [0.2, 0.25) is 0 Å². The number of halogens is 1. The number of piperidine rings is 1. The van der Waals surface area contributed by atoms with E-state index in [2.05, 4.69) is 61.6 Å². The molecular weight excluding hydrogens is 437 g/mol. The Morgan fingerprint density at radius 2 is 1.85 bits per heavy atom. The van der Waals surface area contributed by atoms with Crippen molar-refractivity contribution in [2.24, 2.45) is 4.99 Å². The molecule has 1 saturated heterocycles. The molecular formula is C20H42IN5. The second kappa shape index (κ2) is 14.7. The van der Waals surface area contributed by atoms with E-state index in [1.807, 2.05) is 6.08 Å². The number of rotatable bonds is 10. The summed E-state index contributed by atoms with van der Waals surface area (Å²) in [5, 5.41) is 7.02. The fraction of sp³-hybridized carbons (Fsp3) is 0.850. The summed E-state index contributed by atoms with van der Waals surface area (Å²) in [6, 6.07) is 1.72. The largest absolute Gasteiger partial charge is 0.357 e. The molecule has 0 aromatic heterocycles. The van der Waals surface area contributed by atoms with E-state index in [4.69, 9.17) is 4.99 Å². The lowest BCUT2D eigenvalue weighted by Gasteiger charge is -2.32. The van der Waals surface area contributed by atoms with Crippen molar-refractivity contribution < 1.29 is 0 Å². The Labute approximate surface area is 179 Å². The van der Waals surface area contributed by atoms with E-state index in [-0.39, 0.29) is 24.0 Å². The van der Waals surface area contributed by atoms with Crippen molar-refractivity contribution in [3.8, 4) is 0 Å². The molecule has 0 aliphatic carbocycles. The normalized spacial score (nSPS) is 16.8. The molecule has 1 aliphatic heterocycles. The molecule has 0 spiro atoms. The first-order valence-electron chi connectivity index (χ1n) is 10.1. The summed E-state index contributed by atoms with van der Waals surface area (Å²) in [7, 11) is 0. The van der Waals surface area contributed by atoms with Crippen LogP contribution in [0, 0.1) is 0 Å². The van der Waals surface area contributed by atoms with Crippen LogP contribution >= 0.6 is 24.0 Å². The highest BCUT2D eigenvalue weighted by molar-refractivity contribution is 14.0. The Kier molecular flexibility index (Phi) is 14.5. The van der Waals surface area contributed by atoms with Gasteiger partial charge in [-0.2, -0.15) is 0 Å². The molecule has 0 aromatic carbocycles. The van der Waals surface area contributed by atoms with Crippen LogP contribution in [0.3, 0.4) is 0 Å². The van der Waals surface area contributed by atoms with Crippen molar-refractivity contribution in [1.82, 2.24) is 20.4 Å². The summed E-state index contributed by atoms with van der Waals surface area (Å²) in [6.07, 6.45) is 5.45. The number of aliphatic imine (C=N–C) groups is 1. The van der Waals surface area contributed by atoms with Crippen molar-refractivity contribution in [1.29, 1.82) is 0 Å².